The number of benzene rings is 3. The van der Waals surface area contributed by atoms with Gasteiger partial charge in [0.2, 0.25) is 0 Å². The SMILES string of the molecule is C=O.CC.CCc1nc2c(cnn2CC)c(NC2CCOCC2)c1CNC(=O)c1cccc(C(=O)NCc2ccc(C)c(-c3cccc(C)c3)c2)c1. The Bertz CT molecular complexity index is 1960. The summed E-state index contributed by atoms with van der Waals surface area (Å²) in [5.74, 6) is -0.490. The van der Waals surface area contributed by atoms with E-state index < -0.39 is 0 Å². The fraction of sp³-hybridized carbons (Fsp3) is 0.357. The van der Waals surface area contributed by atoms with Gasteiger partial charge in [-0.25, -0.2) is 9.67 Å². The molecule has 0 radical (unpaired) electrons. The third-order valence-electron chi connectivity index (χ3n) is 9.07. The molecule has 3 N–H and O–H groups in total. The maximum atomic E-state index is 13.5. The van der Waals surface area contributed by atoms with Crippen LogP contribution in [-0.4, -0.2) is 52.6 Å². The molecule has 0 spiro atoms. The minimum absolute atomic E-state index is 0.235. The predicted molar refractivity (Wildman–Crippen MR) is 209 cm³/mol. The first-order valence-electron chi connectivity index (χ1n) is 18.2. The van der Waals surface area contributed by atoms with Crippen LogP contribution < -0.4 is 16.0 Å². The van der Waals surface area contributed by atoms with Crippen LogP contribution in [0.15, 0.2) is 72.9 Å². The van der Waals surface area contributed by atoms with Gasteiger partial charge in [0.15, 0.2) is 5.65 Å². The summed E-state index contributed by atoms with van der Waals surface area (Å²) in [6.45, 7) is 17.1. The predicted octanol–water partition coefficient (Wildman–Crippen LogP) is 7.59. The molecule has 1 fully saturated rings. The number of carbonyl (C=O) groups is 3. The van der Waals surface area contributed by atoms with E-state index in [9.17, 15) is 9.59 Å². The zero-order chi connectivity index (χ0) is 37.6. The van der Waals surface area contributed by atoms with Gasteiger partial charge in [0.05, 0.1) is 17.3 Å². The van der Waals surface area contributed by atoms with Crippen LogP contribution in [0.1, 0.15) is 89.2 Å². The second kappa shape index (κ2) is 19.3. The van der Waals surface area contributed by atoms with E-state index in [4.69, 9.17) is 14.5 Å². The van der Waals surface area contributed by atoms with Crippen LogP contribution in [-0.2, 0) is 35.6 Å². The number of pyridine rings is 1. The van der Waals surface area contributed by atoms with Crippen molar-refractivity contribution in [3.63, 3.8) is 0 Å². The average Bonchev–Trinajstić information content (AvgIpc) is 3.61. The number of anilines is 1. The lowest BCUT2D eigenvalue weighted by Gasteiger charge is -2.26. The third kappa shape index (κ3) is 9.50. The molecule has 1 aliphatic heterocycles. The molecule has 0 aliphatic carbocycles. The molecule has 274 valence electrons. The van der Waals surface area contributed by atoms with Gasteiger partial charge in [0, 0.05) is 61.3 Å². The lowest BCUT2D eigenvalue weighted by atomic mass is 9.97. The van der Waals surface area contributed by atoms with Crippen molar-refractivity contribution in [2.75, 3.05) is 18.5 Å². The lowest BCUT2D eigenvalue weighted by molar-refractivity contribution is -0.0980. The Hall–Kier alpha value is -5.35. The number of rotatable bonds is 11. The van der Waals surface area contributed by atoms with E-state index in [1.54, 1.807) is 24.3 Å². The van der Waals surface area contributed by atoms with E-state index in [0.29, 0.717) is 30.6 Å². The summed E-state index contributed by atoms with van der Waals surface area (Å²) in [5, 5.41) is 15.4. The molecule has 5 aromatic rings. The number of fused-ring (bicyclic) bond motifs is 1. The Kier molecular flexibility index (Phi) is 14.6. The van der Waals surface area contributed by atoms with Crippen molar-refractivity contribution in [3.05, 3.63) is 112 Å². The summed E-state index contributed by atoms with van der Waals surface area (Å²) in [5.41, 5.74) is 10.2. The van der Waals surface area contributed by atoms with Gasteiger partial charge in [-0.1, -0.05) is 68.8 Å². The normalized spacial score (nSPS) is 12.6. The molecular weight excluding hydrogens is 652 g/mol. The fourth-order valence-electron chi connectivity index (χ4n) is 6.36. The van der Waals surface area contributed by atoms with Crippen LogP contribution in [0, 0.1) is 13.8 Å². The molecule has 0 atom stereocenters. The second-order valence-corrected chi connectivity index (χ2v) is 12.5. The highest BCUT2D eigenvalue weighted by atomic mass is 16.5. The van der Waals surface area contributed by atoms with E-state index in [-0.39, 0.29) is 17.9 Å². The maximum absolute atomic E-state index is 13.5. The van der Waals surface area contributed by atoms with Gasteiger partial charge in [-0.2, -0.15) is 5.10 Å². The summed E-state index contributed by atoms with van der Waals surface area (Å²) < 4.78 is 7.50. The van der Waals surface area contributed by atoms with Gasteiger partial charge < -0.3 is 25.5 Å². The first-order chi connectivity index (χ1) is 25.3. The minimum atomic E-state index is -0.255. The number of ether oxygens (including phenoxy) is 1. The van der Waals surface area contributed by atoms with E-state index in [1.807, 2.05) is 37.6 Å². The molecule has 0 unspecified atom stereocenters. The van der Waals surface area contributed by atoms with Gasteiger partial charge in [-0.05, 0) is 86.6 Å². The number of amides is 2. The number of aromatic nitrogens is 3. The zero-order valence-electron chi connectivity index (χ0n) is 31.3. The van der Waals surface area contributed by atoms with Gasteiger partial charge >= 0.3 is 0 Å². The third-order valence-corrected chi connectivity index (χ3v) is 9.07. The monoisotopic (exact) mass is 704 g/mol. The van der Waals surface area contributed by atoms with Crippen molar-refractivity contribution >= 4 is 35.3 Å². The zero-order valence-corrected chi connectivity index (χ0v) is 31.3. The van der Waals surface area contributed by atoms with Gasteiger partial charge in [-0.3, -0.25) is 9.59 Å². The Morgan fingerprint density at radius 2 is 1.56 bits per heavy atom. The molecule has 2 amide bonds. The van der Waals surface area contributed by atoms with Crippen molar-refractivity contribution in [2.24, 2.45) is 0 Å². The number of carbonyl (C=O) groups excluding carboxylic acids is 3. The molecule has 10 heteroatoms. The summed E-state index contributed by atoms with van der Waals surface area (Å²) >= 11 is 0. The summed E-state index contributed by atoms with van der Waals surface area (Å²) in [7, 11) is 0. The molecule has 6 rings (SSSR count). The van der Waals surface area contributed by atoms with Crippen molar-refractivity contribution in [3.8, 4) is 11.1 Å². The average molecular weight is 705 g/mol. The summed E-state index contributed by atoms with van der Waals surface area (Å²) in [6, 6.07) is 21.8. The largest absolute Gasteiger partial charge is 0.381 e. The molecule has 1 aliphatic rings. The molecule has 0 saturated carbocycles. The molecule has 1 saturated heterocycles. The molecule has 52 heavy (non-hydrogen) atoms. The Morgan fingerprint density at radius 1 is 0.885 bits per heavy atom. The van der Waals surface area contributed by atoms with Crippen LogP contribution in [0.4, 0.5) is 5.69 Å². The van der Waals surface area contributed by atoms with Gasteiger partial charge in [0.25, 0.3) is 11.8 Å². The van der Waals surface area contributed by atoms with Crippen molar-refractivity contribution in [1.29, 1.82) is 0 Å². The van der Waals surface area contributed by atoms with E-state index in [0.717, 1.165) is 77.3 Å². The van der Waals surface area contributed by atoms with E-state index in [1.165, 1.54) is 11.1 Å². The number of hydrogen-bond acceptors (Lipinski definition) is 7. The standard InChI is InChI=1S/C39H44N6O3.C2H6.CH2O/c1-5-35-33(36(43-31-15-17-48-18-16-31)34-24-42-45(6-2)37(34)44-35)23-41-39(47)30-12-8-11-29(21-30)38(46)40-22-27-14-13-26(4)32(20-27)28-10-7-9-25(3)19-28;2*1-2/h7-14,19-21,24,31H,5-6,15-18,22-23H2,1-4H3,(H,40,46)(H,41,47)(H,43,44);1-2H3;1H2. The smallest absolute Gasteiger partial charge is 0.251 e. The van der Waals surface area contributed by atoms with Crippen molar-refractivity contribution in [1.82, 2.24) is 25.4 Å². The highest BCUT2D eigenvalue weighted by molar-refractivity contribution is 6.00. The topological polar surface area (TPSA) is 127 Å². The first kappa shape index (κ1) is 39.4. The fourth-order valence-corrected chi connectivity index (χ4v) is 6.36. The molecule has 3 aromatic carbocycles. The molecule has 3 heterocycles. The highest BCUT2D eigenvalue weighted by Crippen LogP contribution is 2.31. The minimum Gasteiger partial charge on any atom is -0.381 e. The number of nitrogens with one attached hydrogen (secondary N) is 3. The Labute approximate surface area is 307 Å². The maximum Gasteiger partial charge on any atom is 0.251 e. The second-order valence-electron chi connectivity index (χ2n) is 12.5. The van der Waals surface area contributed by atoms with Crippen LogP contribution in [0.3, 0.4) is 0 Å². The number of hydrogen-bond donors (Lipinski definition) is 3. The quantitative estimate of drug-likeness (QED) is 0.129. The first-order valence-corrected chi connectivity index (χ1v) is 18.2. The molecule has 2 aromatic heterocycles. The van der Waals surface area contributed by atoms with Crippen LogP contribution in [0.5, 0.6) is 0 Å². The van der Waals surface area contributed by atoms with Gasteiger partial charge in [-0.15, -0.1) is 0 Å². The van der Waals surface area contributed by atoms with E-state index >= 15 is 0 Å². The molecule has 0 bridgehead atoms. The summed E-state index contributed by atoms with van der Waals surface area (Å²) in [4.78, 5) is 39.7. The van der Waals surface area contributed by atoms with Crippen LogP contribution in [0.2, 0.25) is 0 Å². The Morgan fingerprint density at radius 3 is 2.21 bits per heavy atom. The summed E-state index contributed by atoms with van der Waals surface area (Å²) in [6.07, 6.45) is 4.39. The van der Waals surface area contributed by atoms with Crippen LogP contribution >= 0.6 is 0 Å². The van der Waals surface area contributed by atoms with E-state index in [2.05, 4.69) is 85.1 Å². The highest BCUT2D eigenvalue weighted by Gasteiger charge is 2.22. The molecule has 10 nitrogen and oxygen atoms in total. The van der Waals surface area contributed by atoms with Crippen LogP contribution in [0.25, 0.3) is 22.2 Å². The molecular formula is C42H52N6O4. The lowest BCUT2D eigenvalue weighted by Crippen LogP contribution is -2.30. The van der Waals surface area contributed by atoms with Gasteiger partial charge in [0.1, 0.15) is 6.79 Å². The van der Waals surface area contributed by atoms with Crippen molar-refractivity contribution < 1.29 is 19.1 Å². The number of aryl methyl sites for hydroxylation is 4. The Balaban J connectivity index is 0.00000146. The number of nitrogens with zero attached hydrogens (tertiary/aromatic N) is 3. The van der Waals surface area contributed by atoms with Crippen molar-refractivity contribution in [2.45, 2.75) is 86.5 Å².